The molecule has 0 amide bonds. The second-order valence-electron chi connectivity index (χ2n) is 3.61. The average Bonchev–Trinajstić information content (AvgIpc) is 2.01. The van der Waals surface area contributed by atoms with Gasteiger partial charge in [-0.05, 0) is 37.1 Å². The normalized spacial score (nSPS) is 12.1. The molecule has 4 heteroatoms. The predicted octanol–water partition coefficient (Wildman–Crippen LogP) is 1.55. The zero-order valence-corrected chi connectivity index (χ0v) is 9.72. The Balaban J connectivity index is 3.34. The Morgan fingerprint density at radius 2 is 1.43 bits per heavy atom. The minimum absolute atomic E-state index is 0.361. The number of nitrogens with zero attached hydrogens (tertiary/aromatic N) is 1. The third-order valence-corrected chi connectivity index (χ3v) is 3.77. The van der Waals surface area contributed by atoms with Crippen molar-refractivity contribution in [3.8, 4) is 0 Å². The zero-order chi connectivity index (χ0) is 10.9. The van der Waals surface area contributed by atoms with Crippen LogP contribution >= 0.6 is 0 Å². The number of hydrogen-bond acceptors (Lipinski definition) is 2. The molecule has 0 unspecified atom stereocenters. The van der Waals surface area contributed by atoms with Gasteiger partial charge < -0.3 is 0 Å². The molecular weight excluding hydrogens is 198 g/mol. The number of sulfonamides is 1. The fourth-order valence-electron chi connectivity index (χ4n) is 1.29. The largest absolute Gasteiger partial charge is 0.242 e. The first kappa shape index (κ1) is 11.2. The van der Waals surface area contributed by atoms with Gasteiger partial charge in [0.25, 0.3) is 0 Å². The summed E-state index contributed by atoms with van der Waals surface area (Å²) in [5.74, 6) is 0. The lowest BCUT2D eigenvalue weighted by Crippen LogP contribution is -2.22. The smallest absolute Gasteiger partial charge is 0.207 e. The molecule has 1 aromatic carbocycles. The second kappa shape index (κ2) is 3.71. The van der Waals surface area contributed by atoms with Gasteiger partial charge in [-0.2, -0.15) is 0 Å². The highest BCUT2D eigenvalue weighted by molar-refractivity contribution is 7.89. The van der Waals surface area contributed by atoms with E-state index in [9.17, 15) is 8.42 Å². The van der Waals surface area contributed by atoms with Crippen molar-refractivity contribution in [3.63, 3.8) is 0 Å². The summed E-state index contributed by atoms with van der Waals surface area (Å²) < 4.78 is 24.7. The molecule has 0 fully saturated rings. The van der Waals surface area contributed by atoms with Crippen molar-refractivity contribution in [2.75, 3.05) is 14.1 Å². The highest BCUT2D eigenvalue weighted by Crippen LogP contribution is 2.16. The van der Waals surface area contributed by atoms with E-state index in [0.29, 0.717) is 4.90 Å². The lowest BCUT2D eigenvalue weighted by atomic mass is 10.2. The molecule has 1 rings (SSSR count). The van der Waals surface area contributed by atoms with E-state index in [4.69, 9.17) is 0 Å². The summed E-state index contributed by atoms with van der Waals surface area (Å²) in [6.07, 6.45) is 0. The van der Waals surface area contributed by atoms with Gasteiger partial charge in [-0.15, -0.1) is 0 Å². The summed E-state index contributed by atoms with van der Waals surface area (Å²) in [6, 6.07) is 5.32. The maximum absolute atomic E-state index is 11.8. The SMILES string of the molecule is Cc1cc(C)cc(S(=O)(=O)N(C)C)c1. The molecule has 3 nitrogen and oxygen atoms in total. The molecule has 0 aliphatic carbocycles. The van der Waals surface area contributed by atoms with E-state index in [-0.39, 0.29) is 0 Å². The van der Waals surface area contributed by atoms with Crippen molar-refractivity contribution < 1.29 is 8.42 Å². The van der Waals surface area contributed by atoms with Gasteiger partial charge in [0, 0.05) is 14.1 Å². The van der Waals surface area contributed by atoms with Crippen LogP contribution in [0.15, 0.2) is 23.1 Å². The molecule has 0 aliphatic rings. The van der Waals surface area contributed by atoms with Crippen LogP contribution < -0.4 is 0 Å². The highest BCUT2D eigenvalue weighted by Gasteiger charge is 2.17. The van der Waals surface area contributed by atoms with Crippen LogP contribution in [0.25, 0.3) is 0 Å². The van der Waals surface area contributed by atoms with Crippen LogP contribution in [0.3, 0.4) is 0 Å². The first-order valence-corrected chi connectivity index (χ1v) is 5.79. The van der Waals surface area contributed by atoms with E-state index in [2.05, 4.69) is 0 Å². The lowest BCUT2D eigenvalue weighted by molar-refractivity contribution is 0.520. The monoisotopic (exact) mass is 213 g/mol. The summed E-state index contributed by atoms with van der Waals surface area (Å²) in [4.78, 5) is 0.361. The van der Waals surface area contributed by atoms with Crippen LogP contribution in [0, 0.1) is 13.8 Å². The van der Waals surface area contributed by atoms with Gasteiger partial charge in [-0.25, -0.2) is 12.7 Å². The number of aryl methyl sites for hydroxylation is 2. The second-order valence-corrected chi connectivity index (χ2v) is 5.76. The van der Waals surface area contributed by atoms with Crippen molar-refractivity contribution in [2.45, 2.75) is 18.7 Å². The topological polar surface area (TPSA) is 37.4 Å². The van der Waals surface area contributed by atoms with Crippen molar-refractivity contribution in [3.05, 3.63) is 29.3 Å². The van der Waals surface area contributed by atoms with Crippen LogP contribution in [0.2, 0.25) is 0 Å². The van der Waals surface area contributed by atoms with Crippen LogP contribution in [-0.4, -0.2) is 26.8 Å². The summed E-state index contributed by atoms with van der Waals surface area (Å²) in [5.41, 5.74) is 1.93. The van der Waals surface area contributed by atoms with Crippen LogP contribution in [-0.2, 0) is 10.0 Å². The molecule has 0 atom stereocenters. The van der Waals surface area contributed by atoms with Gasteiger partial charge in [0.1, 0.15) is 0 Å². The first-order chi connectivity index (χ1) is 6.34. The number of rotatable bonds is 2. The van der Waals surface area contributed by atoms with Crippen molar-refractivity contribution >= 4 is 10.0 Å². The molecule has 0 N–H and O–H groups in total. The maximum Gasteiger partial charge on any atom is 0.242 e. The molecule has 78 valence electrons. The van der Waals surface area contributed by atoms with E-state index >= 15 is 0 Å². The fourth-order valence-corrected chi connectivity index (χ4v) is 2.38. The molecule has 0 saturated heterocycles. The van der Waals surface area contributed by atoms with Gasteiger partial charge in [0.15, 0.2) is 0 Å². The van der Waals surface area contributed by atoms with E-state index in [1.165, 1.54) is 18.4 Å². The quantitative estimate of drug-likeness (QED) is 0.747. The van der Waals surface area contributed by atoms with Gasteiger partial charge >= 0.3 is 0 Å². The van der Waals surface area contributed by atoms with Gasteiger partial charge in [-0.1, -0.05) is 6.07 Å². The summed E-state index contributed by atoms with van der Waals surface area (Å²) in [7, 11) is -0.219. The highest BCUT2D eigenvalue weighted by atomic mass is 32.2. The molecule has 14 heavy (non-hydrogen) atoms. The third-order valence-electron chi connectivity index (χ3n) is 1.97. The summed E-state index contributed by atoms with van der Waals surface area (Å²) in [6.45, 7) is 3.78. The molecule has 0 bridgehead atoms. The minimum atomic E-state index is -3.29. The van der Waals surface area contributed by atoms with Gasteiger partial charge in [0.2, 0.25) is 10.0 Å². The Labute approximate surface area is 85.4 Å². The molecule has 0 saturated carbocycles. The number of hydrogen-bond donors (Lipinski definition) is 0. The molecule has 0 heterocycles. The van der Waals surface area contributed by atoms with E-state index in [0.717, 1.165) is 11.1 Å². The lowest BCUT2D eigenvalue weighted by Gasteiger charge is -2.12. The van der Waals surface area contributed by atoms with E-state index < -0.39 is 10.0 Å². The molecule has 0 radical (unpaired) electrons. The van der Waals surface area contributed by atoms with Crippen molar-refractivity contribution in [1.29, 1.82) is 0 Å². The summed E-state index contributed by atoms with van der Waals surface area (Å²) >= 11 is 0. The molecule has 0 aromatic heterocycles. The van der Waals surface area contributed by atoms with Crippen LogP contribution in [0.4, 0.5) is 0 Å². The van der Waals surface area contributed by atoms with Crippen molar-refractivity contribution in [2.24, 2.45) is 0 Å². The predicted molar refractivity (Wildman–Crippen MR) is 56.8 cm³/mol. The third kappa shape index (κ3) is 2.13. The van der Waals surface area contributed by atoms with Crippen molar-refractivity contribution in [1.82, 2.24) is 4.31 Å². The Morgan fingerprint density at radius 3 is 1.79 bits per heavy atom. The van der Waals surface area contributed by atoms with Crippen LogP contribution in [0.5, 0.6) is 0 Å². The van der Waals surface area contributed by atoms with E-state index in [1.807, 2.05) is 19.9 Å². The standard InChI is InChI=1S/C10H15NO2S/c1-8-5-9(2)7-10(6-8)14(12,13)11(3)4/h5-7H,1-4H3. The van der Waals surface area contributed by atoms with Gasteiger partial charge in [-0.3, -0.25) is 0 Å². The average molecular weight is 213 g/mol. The van der Waals surface area contributed by atoms with Gasteiger partial charge in [0.05, 0.1) is 4.90 Å². The molecule has 0 spiro atoms. The minimum Gasteiger partial charge on any atom is -0.207 e. The maximum atomic E-state index is 11.8. The Bertz CT molecular complexity index is 415. The molecular formula is C10H15NO2S. The molecule has 1 aromatic rings. The Kier molecular flexibility index (Phi) is 2.97. The zero-order valence-electron chi connectivity index (χ0n) is 8.90. The summed E-state index contributed by atoms with van der Waals surface area (Å²) in [5, 5.41) is 0. The Morgan fingerprint density at radius 1 is 1.00 bits per heavy atom. The molecule has 0 aliphatic heterocycles. The van der Waals surface area contributed by atoms with E-state index in [1.54, 1.807) is 12.1 Å². The Hall–Kier alpha value is -0.870. The fraction of sp³-hybridized carbons (Fsp3) is 0.400. The van der Waals surface area contributed by atoms with Crippen LogP contribution in [0.1, 0.15) is 11.1 Å². The first-order valence-electron chi connectivity index (χ1n) is 4.35. The number of benzene rings is 1.